The van der Waals surface area contributed by atoms with Gasteiger partial charge in [0.2, 0.25) is 11.7 Å². The van der Waals surface area contributed by atoms with E-state index in [1.54, 1.807) is 0 Å². The molecule has 1 aromatic carbocycles. The summed E-state index contributed by atoms with van der Waals surface area (Å²) in [5.74, 6) is 2.70. The minimum absolute atomic E-state index is 0.388. The van der Waals surface area contributed by atoms with E-state index >= 15 is 0 Å². The van der Waals surface area contributed by atoms with Crippen molar-refractivity contribution in [1.29, 1.82) is 0 Å². The Balaban J connectivity index is 1.53. The molecule has 2 aliphatic heterocycles. The summed E-state index contributed by atoms with van der Waals surface area (Å²) in [5, 5.41) is 5.49. The first kappa shape index (κ1) is 14.2. The van der Waals surface area contributed by atoms with Crippen molar-refractivity contribution in [1.82, 2.24) is 19.6 Å². The van der Waals surface area contributed by atoms with Crippen molar-refractivity contribution in [3.8, 4) is 11.4 Å². The Bertz CT molecular complexity index is 896. The fourth-order valence-electron chi connectivity index (χ4n) is 4.76. The van der Waals surface area contributed by atoms with Gasteiger partial charge in [0.1, 0.15) is 0 Å². The van der Waals surface area contributed by atoms with Crippen molar-refractivity contribution >= 4 is 10.9 Å². The van der Waals surface area contributed by atoms with Gasteiger partial charge in [-0.2, -0.15) is 4.98 Å². The number of aromatic nitrogens is 3. The molecule has 2 bridgehead atoms. The smallest absolute Gasteiger partial charge is 0.231 e. The molecule has 5 heteroatoms. The summed E-state index contributed by atoms with van der Waals surface area (Å²) in [6, 6.07) is 8.91. The molecule has 3 fully saturated rings. The van der Waals surface area contributed by atoms with Crippen LogP contribution in [0.3, 0.4) is 0 Å². The molecule has 5 nitrogen and oxygen atoms in total. The molecule has 0 amide bonds. The number of fused-ring (bicyclic) bond motifs is 4. The molecule has 2 aromatic heterocycles. The van der Waals surface area contributed by atoms with E-state index in [-0.39, 0.29) is 0 Å². The molecule has 3 unspecified atom stereocenters. The van der Waals surface area contributed by atoms with Crippen molar-refractivity contribution < 1.29 is 4.52 Å². The fourth-order valence-corrected chi connectivity index (χ4v) is 4.76. The molecule has 3 atom stereocenters. The van der Waals surface area contributed by atoms with Crippen molar-refractivity contribution in [2.24, 2.45) is 13.0 Å². The third-order valence-corrected chi connectivity index (χ3v) is 5.93. The number of nitrogens with zero attached hydrogens (tertiary/aromatic N) is 4. The molecule has 3 aliphatic rings. The van der Waals surface area contributed by atoms with Crippen LogP contribution in [0.25, 0.3) is 22.3 Å². The molecule has 6 rings (SSSR count). The molecule has 4 heterocycles. The summed E-state index contributed by atoms with van der Waals surface area (Å²) in [4.78, 5) is 7.28. The van der Waals surface area contributed by atoms with E-state index in [1.165, 1.54) is 36.7 Å². The average Bonchev–Trinajstić information content (AvgIpc) is 3.21. The lowest BCUT2D eigenvalue weighted by atomic mass is 9.73. The highest BCUT2D eigenvalue weighted by Gasteiger charge is 2.42. The van der Waals surface area contributed by atoms with Crippen LogP contribution in [0.5, 0.6) is 0 Å². The second kappa shape index (κ2) is 5.18. The lowest BCUT2D eigenvalue weighted by molar-refractivity contribution is 0.0403. The molecular weight excluding hydrogens is 300 g/mol. The van der Waals surface area contributed by atoms with Crippen LogP contribution in [0.1, 0.15) is 31.1 Å². The first-order chi connectivity index (χ1) is 11.7. The standard InChI is InChI=1S/C19H22N4O/c1-22-10-12-7-8-17(22)14(9-12)19-20-18(21-24-19)15-11-23(2)16-6-4-3-5-13(15)16/h3-6,11-12,14,17H,7-10H2,1-2H3. The molecular formula is C19H22N4O. The van der Waals surface area contributed by atoms with Gasteiger partial charge < -0.3 is 14.0 Å². The summed E-state index contributed by atoms with van der Waals surface area (Å²) in [5.41, 5.74) is 2.24. The van der Waals surface area contributed by atoms with Gasteiger partial charge in [-0.3, -0.25) is 0 Å². The van der Waals surface area contributed by atoms with Gasteiger partial charge in [-0.1, -0.05) is 23.4 Å². The van der Waals surface area contributed by atoms with E-state index < -0.39 is 0 Å². The van der Waals surface area contributed by atoms with E-state index in [0.29, 0.717) is 17.8 Å². The molecule has 3 aromatic rings. The number of piperidine rings is 2. The van der Waals surface area contributed by atoms with Crippen molar-refractivity contribution in [2.45, 2.75) is 31.2 Å². The molecule has 24 heavy (non-hydrogen) atoms. The number of para-hydroxylation sites is 1. The maximum absolute atomic E-state index is 5.72. The zero-order chi connectivity index (χ0) is 16.3. The van der Waals surface area contributed by atoms with Crippen LogP contribution < -0.4 is 0 Å². The van der Waals surface area contributed by atoms with Gasteiger partial charge in [0.05, 0.1) is 5.92 Å². The van der Waals surface area contributed by atoms with E-state index in [9.17, 15) is 0 Å². The molecule has 0 N–H and O–H groups in total. The van der Waals surface area contributed by atoms with Gasteiger partial charge in [0.15, 0.2) is 0 Å². The summed E-state index contributed by atoms with van der Waals surface area (Å²) >= 11 is 0. The SMILES string of the molecule is CN1CC2CCC1C(c1nc(-c3cn(C)c4ccccc34)no1)C2. The lowest BCUT2D eigenvalue weighted by Gasteiger charge is -2.47. The fraction of sp³-hybridized carbons (Fsp3) is 0.474. The highest BCUT2D eigenvalue weighted by Crippen LogP contribution is 2.43. The van der Waals surface area contributed by atoms with Crippen molar-refractivity contribution in [2.75, 3.05) is 13.6 Å². The van der Waals surface area contributed by atoms with Crippen molar-refractivity contribution in [3.63, 3.8) is 0 Å². The van der Waals surface area contributed by atoms with Crippen LogP contribution >= 0.6 is 0 Å². The van der Waals surface area contributed by atoms with E-state index in [2.05, 4.69) is 59.2 Å². The average molecular weight is 322 g/mol. The van der Waals surface area contributed by atoms with Crippen molar-refractivity contribution in [3.05, 3.63) is 36.4 Å². The number of hydrogen-bond donors (Lipinski definition) is 0. The molecule has 124 valence electrons. The van der Waals surface area contributed by atoms with Gasteiger partial charge in [0, 0.05) is 42.3 Å². The number of rotatable bonds is 2. The van der Waals surface area contributed by atoms with E-state index in [1.807, 2.05) is 0 Å². The van der Waals surface area contributed by atoms with Gasteiger partial charge >= 0.3 is 0 Å². The Hall–Kier alpha value is -2.14. The molecule has 0 spiro atoms. The predicted molar refractivity (Wildman–Crippen MR) is 92.7 cm³/mol. The largest absolute Gasteiger partial charge is 0.350 e. The van der Waals surface area contributed by atoms with Crippen LogP contribution in [0.15, 0.2) is 35.0 Å². The molecule has 0 radical (unpaired) electrons. The summed E-state index contributed by atoms with van der Waals surface area (Å²) in [7, 11) is 4.28. The van der Waals surface area contributed by atoms with Crippen LogP contribution in [0, 0.1) is 5.92 Å². The monoisotopic (exact) mass is 322 g/mol. The van der Waals surface area contributed by atoms with Crippen LogP contribution in [-0.2, 0) is 7.05 Å². The van der Waals surface area contributed by atoms with Crippen LogP contribution in [0.2, 0.25) is 0 Å². The third kappa shape index (κ3) is 2.04. The highest BCUT2D eigenvalue weighted by atomic mass is 16.5. The first-order valence-electron chi connectivity index (χ1n) is 8.79. The number of likely N-dealkylation sites (N-methyl/N-ethyl adjacent to an activating group) is 1. The Morgan fingerprint density at radius 2 is 2.04 bits per heavy atom. The minimum Gasteiger partial charge on any atom is -0.350 e. The number of hydrogen-bond acceptors (Lipinski definition) is 4. The Kier molecular flexibility index (Phi) is 3.07. The predicted octanol–water partition coefficient (Wildman–Crippen LogP) is 3.43. The summed E-state index contributed by atoms with van der Waals surface area (Å²) < 4.78 is 7.84. The topological polar surface area (TPSA) is 47.1 Å². The highest BCUT2D eigenvalue weighted by molar-refractivity contribution is 5.94. The van der Waals surface area contributed by atoms with Gasteiger partial charge in [-0.15, -0.1) is 0 Å². The zero-order valence-electron chi connectivity index (χ0n) is 14.1. The number of benzene rings is 1. The van der Waals surface area contributed by atoms with E-state index in [0.717, 1.165) is 17.4 Å². The molecule has 1 saturated carbocycles. The summed E-state index contributed by atoms with van der Waals surface area (Å²) in [6.45, 7) is 1.21. The maximum Gasteiger partial charge on any atom is 0.231 e. The first-order valence-corrected chi connectivity index (χ1v) is 8.79. The minimum atomic E-state index is 0.388. The van der Waals surface area contributed by atoms with Crippen LogP contribution in [0.4, 0.5) is 0 Å². The quantitative estimate of drug-likeness (QED) is 0.725. The van der Waals surface area contributed by atoms with Gasteiger partial charge in [-0.05, 0) is 38.3 Å². The van der Waals surface area contributed by atoms with Gasteiger partial charge in [0.25, 0.3) is 0 Å². The Morgan fingerprint density at radius 3 is 2.88 bits per heavy atom. The lowest BCUT2D eigenvalue weighted by Crippen LogP contribution is -2.50. The Labute approximate surface area is 141 Å². The second-order valence-electron chi connectivity index (χ2n) is 7.42. The molecule has 2 saturated heterocycles. The third-order valence-electron chi connectivity index (χ3n) is 5.93. The Morgan fingerprint density at radius 1 is 1.17 bits per heavy atom. The second-order valence-corrected chi connectivity index (χ2v) is 7.42. The van der Waals surface area contributed by atoms with E-state index in [4.69, 9.17) is 9.51 Å². The molecule has 1 aliphatic carbocycles. The van der Waals surface area contributed by atoms with Crippen LogP contribution in [-0.4, -0.2) is 39.2 Å². The normalized spacial score (nSPS) is 27.2. The number of aryl methyl sites for hydroxylation is 1. The maximum atomic E-state index is 5.72. The van der Waals surface area contributed by atoms with Gasteiger partial charge in [-0.25, -0.2) is 0 Å². The zero-order valence-corrected chi connectivity index (χ0v) is 14.1. The summed E-state index contributed by atoms with van der Waals surface area (Å²) in [6.07, 6.45) is 5.87.